The third kappa shape index (κ3) is 4.57. The van der Waals surface area contributed by atoms with Crippen molar-refractivity contribution in [1.82, 2.24) is 14.3 Å². The molecule has 7 heteroatoms. The van der Waals surface area contributed by atoms with Crippen molar-refractivity contribution in [2.45, 2.75) is 20.0 Å². The molecule has 2 aromatic carbocycles. The summed E-state index contributed by atoms with van der Waals surface area (Å²) in [5.41, 5.74) is 2.44. The molecular weight excluding hydrogens is 394 g/mol. The Balaban J connectivity index is 1.40. The summed E-state index contributed by atoms with van der Waals surface area (Å²) in [5.74, 6) is 1.98. The summed E-state index contributed by atoms with van der Waals surface area (Å²) < 4.78 is 10.6. The quantitative estimate of drug-likeness (QED) is 0.591. The normalized spacial score (nSPS) is 14.8. The Morgan fingerprint density at radius 2 is 1.73 bits per heavy atom. The van der Waals surface area contributed by atoms with Gasteiger partial charge in [-0.15, -0.1) is 0 Å². The molecular formula is C23H30N5OS+. The van der Waals surface area contributed by atoms with Gasteiger partial charge in [0.25, 0.3) is 0 Å². The van der Waals surface area contributed by atoms with Crippen LogP contribution in [-0.4, -0.2) is 47.1 Å². The van der Waals surface area contributed by atoms with Crippen LogP contribution in [-0.2, 0) is 20.1 Å². The molecule has 1 aromatic heterocycles. The summed E-state index contributed by atoms with van der Waals surface area (Å²) in [6.45, 7) is 7.61. The van der Waals surface area contributed by atoms with Gasteiger partial charge in [0.05, 0.1) is 38.5 Å². The molecule has 0 aliphatic carbocycles. The summed E-state index contributed by atoms with van der Waals surface area (Å²) in [4.78, 5) is 3.92. The molecule has 0 amide bonds. The Hall–Kier alpha value is -2.64. The first-order valence-electron chi connectivity index (χ1n) is 10.6. The summed E-state index contributed by atoms with van der Waals surface area (Å²) in [6.07, 6.45) is 0.797. The minimum Gasteiger partial charge on any atom is -0.492 e. The monoisotopic (exact) mass is 424 g/mol. The summed E-state index contributed by atoms with van der Waals surface area (Å²) >= 11 is 5.67. The number of hydrogen-bond donors (Lipinski definition) is 1. The Bertz CT molecular complexity index is 1020. The van der Waals surface area contributed by atoms with E-state index in [1.807, 2.05) is 35.4 Å². The molecule has 1 aliphatic heterocycles. The lowest BCUT2D eigenvalue weighted by Gasteiger charge is -2.34. The van der Waals surface area contributed by atoms with E-state index in [1.54, 1.807) is 0 Å². The first-order chi connectivity index (χ1) is 14.7. The van der Waals surface area contributed by atoms with Gasteiger partial charge in [-0.25, -0.2) is 0 Å². The molecule has 30 heavy (non-hydrogen) atoms. The Morgan fingerprint density at radius 1 is 1.03 bits per heavy atom. The Kier molecular flexibility index (Phi) is 6.50. The third-order valence-electron chi connectivity index (χ3n) is 5.69. The predicted molar refractivity (Wildman–Crippen MR) is 122 cm³/mol. The Labute approximate surface area is 183 Å². The lowest BCUT2D eigenvalue weighted by Crippen LogP contribution is -3.14. The largest absolute Gasteiger partial charge is 0.492 e. The molecule has 158 valence electrons. The van der Waals surface area contributed by atoms with Crippen molar-refractivity contribution >= 4 is 17.9 Å². The topological polar surface area (TPSA) is 39.7 Å². The third-order valence-corrected chi connectivity index (χ3v) is 6.17. The van der Waals surface area contributed by atoms with E-state index < -0.39 is 0 Å². The van der Waals surface area contributed by atoms with Gasteiger partial charge in [-0.1, -0.05) is 42.5 Å². The molecule has 0 bridgehead atoms. The molecule has 3 aromatic rings. The molecule has 0 spiro atoms. The molecule has 6 nitrogen and oxygen atoms in total. The number of ether oxygens (including phenoxy) is 1. The van der Waals surface area contributed by atoms with Gasteiger partial charge in [-0.2, -0.15) is 9.78 Å². The molecule has 0 saturated carbocycles. The average Bonchev–Trinajstić information content (AvgIpc) is 3.03. The van der Waals surface area contributed by atoms with E-state index in [2.05, 4.69) is 47.4 Å². The van der Waals surface area contributed by atoms with E-state index in [0.717, 1.165) is 55.6 Å². The number of benzene rings is 2. The van der Waals surface area contributed by atoms with Crippen LogP contribution in [0.2, 0.25) is 0 Å². The lowest BCUT2D eigenvalue weighted by atomic mass is 10.1. The van der Waals surface area contributed by atoms with Gasteiger partial charge in [0.1, 0.15) is 11.6 Å². The number of nitrogens with zero attached hydrogens (tertiary/aromatic N) is 4. The number of para-hydroxylation sites is 2. The van der Waals surface area contributed by atoms with E-state index in [1.165, 1.54) is 16.2 Å². The van der Waals surface area contributed by atoms with Crippen molar-refractivity contribution in [3.05, 3.63) is 70.8 Å². The molecule has 2 heterocycles. The highest BCUT2D eigenvalue weighted by molar-refractivity contribution is 7.71. The van der Waals surface area contributed by atoms with Crippen molar-refractivity contribution in [3.8, 4) is 5.75 Å². The molecule has 0 radical (unpaired) electrons. The fraction of sp³-hybridized carbons (Fsp3) is 0.391. The zero-order chi connectivity index (χ0) is 20.9. The first kappa shape index (κ1) is 20.6. The zero-order valence-corrected chi connectivity index (χ0v) is 18.6. The number of hydrogen-bond acceptors (Lipinski definition) is 4. The number of quaternary nitrogens is 1. The molecule has 0 atom stereocenters. The molecule has 1 fully saturated rings. The maximum atomic E-state index is 5.81. The van der Waals surface area contributed by atoms with Crippen molar-refractivity contribution in [2.24, 2.45) is 7.05 Å². The fourth-order valence-corrected chi connectivity index (χ4v) is 4.21. The van der Waals surface area contributed by atoms with E-state index in [4.69, 9.17) is 22.1 Å². The van der Waals surface area contributed by atoms with Gasteiger partial charge in [0.2, 0.25) is 4.77 Å². The number of nitrogens with one attached hydrogen (secondary N) is 1. The highest BCUT2D eigenvalue weighted by atomic mass is 32.1. The SMILES string of the molecule is CCOc1ccccc1N1CC[NH+](Cn2nc(Cc3ccccc3)n(C)c2=S)CC1. The van der Waals surface area contributed by atoms with Crippen LogP contribution in [0, 0.1) is 4.77 Å². The van der Waals surface area contributed by atoms with Crippen molar-refractivity contribution in [1.29, 1.82) is 0 Å². The van der Waals surface area contributed by atoms with Crippen LogP contribution >= 0.6 is 12.2 Å². The van der Waals surface area contributed by atoms with Crippen molar-refractivity contribution in [2.75, 3.05) is 37.7 Å². The van der Waals surface area contributed by atoms with E-state index in [9.17, 15) is 0 Å². The second-order valence-corrected chi connectivity index (χ2v) is 8.08. The molecule has 0 unspecified atom stereocenters. The minimum atomic E-state index is 0.686. The van der Waals surface area contributed by atoms with Crippen molar-refractivity contribution < 1.29 is 9.64 Å². The number of aromatic nitrogens is 3. The van der Waals surface area contributed by atoms with Crippen LogP contribution in [0.15, 0.2) is 54.6 Å². The van der Waals surface area contributed by atoms with E-state index in [-0.39, 0.29) is 0 Å². The lowest BCUT2D eigenvalue weighted by molar-refractivity contribution is -0.924. The summed E-state index contributed by atoms with van der Waals surface area (Å²) in [5, 5.41) is 4.84. The second-order valence-electron chi connectivity index (χ2n) is 7.72. The number of anilines is 1. The highest BCUT2D eigenvalue weighted by Crippen LogP contribution is 2.27. The zero-order valence-electron chi connectivity index (χ0n) is 17.8. The van der Waals surface area contributed by atoms with Crippen molar-refractivity contribution in [3.63, 3.8) is 0 Å². The van der Waals surface area contributed by atoms with E-state index in [0.29, 0.717) is 6.61 Å². The Morgan fingerprint density at radius 3 is 2.47 bits per heavy atom. The van der Waals surface area contributed by atoms with Crippen LogP contribution in [0.3, 0.4) is 0 Å². The van der Waals surface area contributed by atoms with Crippen LogP contribution in [0.25, 0.3) is 0 Å². The van der Waals surface area contributed by atoms with Crippen LogP contribution < -0.4 is 14.5 Å². The van der Waals surface area contributed by atoms with Gasteiger partial charge in [-0.05, 0) is 36.8 Å². The predicted octanol–water partition coefficient (Wildman–Crippen LogP) is 2.30. The maximum Gasteiger partial charge on any atom is 0.202 e. The maximum absolute atomic E-state index is 5.81. The van der Waals surface area contributed by atoms with Crippen LogP contribution in [0.4, 0.5) is 5.69 Å². The van der Waals surface area contributed by atoms with Gasteiger partial charge < -0.3 is 19.1 Å². The molecule has 1 saturated heterocycles. The fourth-order valence-electron chi connectivity index (χ4n) is 4.00. The van der Waals surface area contributed by atoms with E-state index >= 15 is 0 Å². The average molecular weight is 425 g/mol. The minimum absolute atomic E-state index is 0.686. The standard InChI is InChI=1S/C23H29N5OS/c1-3-29-21-12-8-7-11-20(21)27-15-13-26(14-16-27)18-28-23(30)25(2)22(24-28)17-19-9-5-4-6-10-19/h4-12H,3,13-18H2,1-2H3/p+1. The summed E-state index contributed by atoms with van der Waals surface area (Å²) in [6, 6.07) is 18.8. The molecule has 4 rings (SSSR count). The number of rotatable bonds is 7. The van der Waals surface area contributed by atoms with Gasteiger partial charge >= 0.3 is 0 Å². The van der Waals surface area contributed by atoms with Gasteiger partial charge in [0.15, 0.2) is 6.67 Å². The van der Waals surface area contributed by atoms with Gasteiger partial charge in [-0.3, -0.25) is 0 Å². The highest BCUT2D eigenvalue weighted by Gasteiger charge is 2.23. The number of piperazine rings is 1. The van der Waals surface area contributed by atoms with Crippen LogP contribution in [0.1, 0.15) is 18.3 Å². The first-order valence-corrected chi connectivity index (χ1v) is 11.0. The summed E-state index contributed by atoms with van der Waals surface area (Å²) in [7, 11) is 2.02. The van der Waals surface area contributed by atoms with Gasteiger partial charge in [0, 0.05) is 13.5 Å². The molecule has 1 N–H and O–H groups in total. The molecule has 1 aliphatic rings. The van der Waals surface area contributed by atoms with Crippen LogP contribution in [0.5, 0.6) is 5.75 Å². The second kappa shape index (κ2) is 9.45. The smallest absolute Gasteiger partial charge is 0.202 e.